The average Bonchev–Trinajstić information content (AvgIpc) is 2.39. The van der Waals surface area contributed by atoms with Gasteiger partial charge in [-0.05, 0) is 44.9 Å². The molecule has 0 N–H and O–H groups in total. The lowest BCUT2D eigenvalue weighted by Crippen LogP contribution is -2.48. The molecule has 3 heteroatoms. The van der Waals surface area contributed by atoms with Crippen LogP contribution in [0.4, 0.5) is 0 Å². The Kier molecular flexibility index (Phi) is 4.79. The second-order valence-corrected chi connectivity index (χ2v) is 5.93. The predicted molar refractivity (Wildman–Crippen MR) is 71.2 cm³/mol. The molecule has 18 heavy (non-hydrogen) atoms. The first-order valence-electron chi connectivity index (χ1n) is 7.47. The van der Waals surface area contributed by atoms with E-state index in [-0.39, 0.29) is 18.1 Å². The number of likely N-dealkylation sites (tertiary alicyclic amines) is 1. The summed E-state index contributed by atoms with van der Waals surface area (Å²) in [4.78, 5) is 25.3. The molecule has 0 aromatic rings. The number of ketones is 1. The van der Waals surface area contributed by atoms with Crippen molar-refractivity contribution in [3.63, 3.8) is 0 Å². The minimum Gasteiger partial charge on any atom is -0.339 e. The van der Waals surface area contributed by atoms with E-state index in [0.29, 0.717) is 12.0 Å². The van der Waals surface area contributed by atoms with Gasteiger partial charge in [-0.1, -0.05) is 19.3 Å². The molecule has 102 valence electrons. The van der Waals surface area contributed by atoms with Crippen LogP contribution in [0.15, 0.2) is 0 Å². The van der Waals surface area contributed by atoms with Crippen LogP contribution in [0.1, 0.15) is 64.7 Å². The molecule has 1 aliphatic carbocycles. The Hall–Kier alpha value is -0.860. The highest BCUT2D eigenvalue weighted by Gasteiger charge is 2.33. The molecule has 1 amide bonds. The van der Waals surface area contributed by atoms with Crippen LogP contribution in [0, 0.1) is 5.92 Å². The molecule has 0 aromatic heterocycles. The van der Waals surface area contributed by atoms with Gasteiger partial charge in [0.15, 0.2) is 0 Å². The summed E-state index contributed by atoms with van der Waals surface area (Å²) >= 11 is 0. The van der Waals surface area contributed by atoms with Crippen molar-refractivity contribution in [2.24, 2.45) is 5.92 Å². The van der Waals surface area contributed by atoms with Crippen LogP contribution in [0.25, 0.3) is 0 Å². The van der Waals surface area contributed by atoms with E-state index in [1.807, 2.05) is 4.90 Å². The van der Waals surface area contributed by atoms with E-state index >= 15 is 0 Å². The van der Waals surface area contributed by atoms with Gasteiger partial charge in [-0.15, -0.1) is 0 Å². The zero-order chi connectivity index (χ0) is 13.0. The van der Waals surface area contributed by atoms with Crippen LogP contribution >= 0.6 is 0 Å². The van der Waals surface area contributed by atoms with Gasteiger partial charge < -0.3 is 4.90 Å². The largest absolute Gasteiger partial charge is 0.339 e. The first-order chi connectivity index (χ1) is 8.68. The molecule has 1 saturated carbocycles. The zero-order valence-electron chi connectivity index (χ0n) is 11.5. The molecular formula is C15H25NO2. The van der Waals surface area contributed by atoms with Gasteiger partial charge in [0.25, 0.3) is 0 Å². The Morgan fingerprint density at radius 2 is 1.67 bits per heavy atom. The summed E-state index contributed by atoms with van der Waals surface area (Å²) in [7, 11) is 0. The third kappa shape index (κ3) is 3.33. The van der Waals surface area contributed by atoms with Gasteiger partial charge in [-0.2, -0.15) is 0 Å². The number of carbonyl (C=O) groups is 2. The number of carbonyl (C=O) groups excluding carboxylic acids is 2. The summed E-state index contributed by atoms with van der Waals surface area (Å²) in [5.41, 5.74) is 0. The van der Waals surface area contributed by atoms with Crippen LogP contribution in [-0.2, 0) is 9.59 Å². The Labute approximate surface area is 110 Å². The van der Waals surface area contributed by atoms with Gasteiger partial charge in [-0.25, -0.2) is 0 Å². The van der Waals surface area contributed by atoms with Crippen molar-refractivity contribution in [1.82, 2.24) is 4.90 Å². The molecule has 0 bridgehead atoms. The smallest absolute Gasteiger partial charge is 0.230 e. The Balaban J connectivity index is 2.00. The highest BCUT2D eigenvalue weighted by molar-refractivity contribution is 5.96. The maximum absolute atomic E-state index is 12.2. The van der Waals surface area contributed by atoms with E-state index in [0.717, 1.165) is 19.4 Å². The van der Waals surface area contributed by atoms with Crippen molar-refractivity contribution < 1.29 is 9.59 Å². The second-order valence-electron chi connectivity index (χ2n) is 5.93. The molecule has 2 rings (SSSR count). The number of piperidine rings is 1. The van der Waals surface area contributed by atoms with E-state index in [2.05, 4.69) is 0 Å². The van der Waals surface area contributed by atoms with E-state index in [4.69, 9.17) is 0 Å². The van der Waals surface area contributed by atoms with Crippen molar-refractivity contribution in [3.05, 3.63) is 0 Å². The second kappa shape index (κ2) is 6.35. The highest BCUT2D eigenvalue weighted by Crippen LogP contribution is 2.33. The van der Waals surface area contributed by atoms with Crippen molar-refractivity contribution in [2.75, 3.05) is 6.54 Å². The first kappa shape index (κ1) is 13.6. The number of rotatable bonds is 3. The summed E-state index contributed by atoms with van der Waals surface area (Å²) in [6, 6.07) is 0.422. The molecule has 1 saturated heterocycles. The lowest BCUT2D eigenvalue weighted by Gasteiger charge is -2.42. The molecular weight excluding hydrogens is 226 g/mol. The molecule has 1 atom stereocenters. The van der Waals surface area contributed by atoms with Gasteiger partial charge >= 0.3 is 0 Å². The van der Waals surface area contributed by atoms with Gasteiger partial charge in [0.2, 0.25) is 5.91 Å². The third-order valence-electron chi connectivity index (χ3n) is 4.46. The predicted octanol–water partition coefficient (Wildman–Crippen LogP) is 2.93. The van der Waals surface area contributed by atoms with Crippen LogP contribution in [-0.4, -0.2) is 29.2 Å². The number of Topliss-reactive ketones (excluding diaryl/α,β-unsaturated/α-hetero) is 1. The maximum Gasteiger partial charge on any atom is 0.230 e. The third-order valence-corrected chi connectivity index (χ3v) is 4.46. The molecule has 1 heterocycles. The fourth-order valence-electron chi connectivity index (χ4n) is 3.59. The standard InChI is InChI=1S/C15H25NO2/c1-12(17)11-15(18)16-10-6-5-9-14(16)13-7-3-2-4-8-13/h13-14H,2-11H2,1H3. The zero-order valence-corrected chi connectivity index (χ0v) is 11.5. The normalized spacial score (nSPS) is 26.1. The minimum atomic E-state index is -0.00651. The SMILES string of the molecule is CC(=O)CC(=O)N1CCCCC1C1CCCCC1. The summed E-state index contributed by atoms with van der Waals surface area (Å²) in [5.74, 6) is 0.751. The van der Waals surface area contributed by atoms with E-state index in [1.165, 1.54) is 45.4 Å². The Morgan fingerprint density at radius 1 is 1.00 bits per heavy atom. The van der Waals surface area contributed by atoms with Crippen molar-refractivity contribution >= 4 is 11.7 Å². The number of amides is 1. The molecule has 0 radical (unpaired) electrons. The van der Waals surface area contributed by atoms with Crippen LogP contribution in [0.5, 0.6) is 0 Å². The van der Waals surface area contributed by atoms with Crippen LogP contribution < -0.4 is 0 Å². The summed E-state index contributed by atoms with van der Waals surface area (Å²) < 4.78 is 0. The monoisotopic (exact) mass is 251 g/mol. The van der Waals surface area contributed by atoms with Crippen molar-refractivity contribution in [1.29, 1.82) is 0 Å². The Bertz CT molecular complexity index is 308. The fourth-order valence-corrected chi connectivity index (χ4v) is 3.59. The van der Waals surface area contributed by atoms with E-state index in [1.54, 1.807) is 0 Å². The quantitative estimate of drug-likeness (QED) is 0.723. The maximum atomic E-state index is 12.2. The lowest BCUT2D eigenvalue weighted by molar-refractivity contribution is -0.139. The van der Waals surface area contributed by atoms with Gasteiger partial charge in [0.1, 0.15) is 5.78 Å². The summed E-state index contributed by atoms with van der Waals surface area (Å²) in [5, 5.41) is 0. The topological polar surface area (TPSA) is 37.4 Å². The molecule has 1 unspecified atom stereocenters. The van der Waals surface area contributed by atoms with Gasteiger partial charge in [0.05, 0.1) is 6.42 Å². The minimum absolute atomic E-state index is 0.00651. The van der Waals surface area contributed by atoms with Crippen molar-refractivity contribution in [3.8, 4) is 0 Å². The fraction of sp³-hybridized carbons (Fsp3) is 0.867. The lowest BCUT2D eigenvalue weighted by atomic mass is 9.80. The molecule has 2 aliphatic rings. The Morgan fingerprint density at radius 3 is 2.33 bits per heavy atom. The van der Waals surface area contributed by atoms with E-state index in [9.17, 15) is 9.59 Å². The van der Waals surface area contributed by atoms with E-state index < -0.39 is 0 Å². The molecule has 3 nitrogen and oxygen atoms in total. The van der Waals surface area contributed by atoms with Crippen LogP contribution in [0.2, 0.25) is 0 Å². The molecule has 0 aromatic carbocycles. The average molecular weight is 251 g/mol. The number of hydrogen-bond donors (Lipinski definition) is 0. The molecule has 0 spiro atoms. The molecule has 2 fully saturated rings. The number of nitrogens with zero attached hydrogens (tertiary/aromatic N) is 1. The highest BCUT2D eigenvalue weighted by atomic mass is 16.2. The molecule has 1 aliphatic heterocycles. The number of hydrogen-bond acceptors (Lipinski definition) is 2. The summed E-state index contributed by atoms with van der Waals surface area (Å²) in [6.07, 6.45) is 10.1. The van der Waals surface area contributed by atoms with Crippen molar-refractivity contribution in [2.45, 2.75) is 70.8 Å². The van der Waals surface area contributed by atoms with Gasteiger partial charge in [-0.3, -0.25) is 9.59 Å². The first-order valence-corrected chi connectivity index (χ1v) is 7.47. The van der Waals surface area contributed by atoms with Gasteiger partial charge in [0, 0.05) is 12.6 Å². The summed E-state index contributed by atoms with van der Waals surface area (Å²) in [6.45, 7) is 2.38. The van der Waals surface area contributed by atoms with Crippen LogP contribution in [0.3, 0.4) is 0 Å².